The predicted molar refractivity (Wildman–Crippen MR) is 95.8 cm³/mol. The zero-order chi connectivity index (χ0) is 18.4. The number of amides is 1. The first-order valence-electron chi connectivity index (χ1n) is 6.86. The number of nitrogens with zero attached hydrogens (tertiary/aromatic N) is 1. The number of nitriles is 1. The maximum atomic E-state index is 12.1. The third kappa shape index (κ3) is 5.24. The zero-order valence-electron chi connectivity index (χ0n) is 12.6. The molecule has 0 aliphatic rings. The van der Waals surface area contributed by atoms with Gasteiger partial charge in [-0.15, -0.1) is 0 Å². The number of benzene rings is 2. The monoisotopic (exact) mass is 375 g/mol. The fourth-order valence-electron chi connectivity index (χ4n) is 1.84. The number of aromatic carboxylic acids is 1. The van der Waals surface area contributed by atoms with E-state index < -0.39 is 11.9 Å². The van der Waals surface area contributed by atoms with E-state index in [-0.39, 0.29) is 11.1 Å². The van der Waals surface area contributed by atoms with Gasteiger partial charge in [-0.1, -0.05) is 23.2 Å². The molecule has 0 spiro atoms. The predicted octanol–water partition coefficient (Wildman–Crippen LogP) is 4.15. The van der Waals surface area contributed by atoms with Crippen molar-refractivity contribution in [2.45, 2.75) is 0 Å². The van der Waals surface area contributed by atoms with E-state index in [4.69, 9.17) is 33.6 Å². The molecule has 6 nitrogen and oxygen atoms in total. The van der Waals surface area contributed by atoms with Crippen molar-refractivity contribution in [2.24, 2.45) is 0 Å². The molecule has 0 aliphatic heterocycles. The second-order valence-electron chi connectivity index (χ2n) is 4.81. The maximum Gasteiger partial charge on any atom is 0.335 e. The number of hydrogen-bond acceptors (Lipinski definition) is 4. The summed E-state index contributed by atoms with van der Waals surface area (Å²) < 4.78 is 0. The summed E-state index contributed by atoms with van der Waals surface area (Å²) in [6.07, 6.45) is 1.23. The molecule has 0 aliphatic carbocycles. The average molecular weight is 376 g/mol. The Bertz CT molecular complexity index is 867. The maximum absolute atomic E-state index is 12.1. The summed E-state index contributed by atoms with van der Waals surface area (Å²) in [5.74, 6) is -1.72. The highest BCUT2D eigenvalue weighted by molar-refractivity contribution is 6.35. The molecular weight excluding hydrogens is 365 g/mol. The van der Waals surface area contributed by atoms with Crippen LogP contribution >= 0.6 is 23.2 Å². The van der Waals surface area contributed by atoms with Gasteiger partial charge in [-0.25, -0.2) is 4.79 Å². The molecule has 25 heavy (non-hydrogen) atoms. The van der Waals surface area contributed by atoms with Crippen LogP contribution in [0, 0.1) is 11.3 Å². The van der Waals surface area contributed by atoms with Crippen LogP contribution in [0.1, 0.15) is 10.4 Å². The number of halogens is 2. The van der Waals surface area contributed by atoms with Crippen molar-refractivity contribution in [3.8, 4) is 6.07 Å². The van der Waals surface area contributed by atoms with Crippen molar-refractivity contribution < 1.29 is 14.7 Å². The second-order valence-corrected chi connectivity index (χ2v) is 5.68. The molecule has 3 N–H and O–H groups in total. The van der Waals surface area contributed by atoms with E-state index in [0.29, 0.717) is 21.4 Å². The number of rotatable bonds is 5. The summed E-state index contributed by atoms with van der Waals surface area (Å²) in [4.78, 5) is 22.9. The summed E-state index contributed by atoms with van der Waals surface area (Å²) in [5, 5.41) is 24.1. The van der Waals surface area contributed by atoms with Gasteiger partial charge in [0.1, 0.15) is 11.6 Å². The normalized spacial score (nSPS) is 10.7. The van der Waals surface area contributed by atoms with E-state index in [1.807, 2.05) is 0 Å². The van der Waals surface area contributed by atoms with Crippen LogP contribution in [0.4, 0.5) is 11.4 Å². The topological polar surface area (TPSA) is 102 Å². The molecule has 0 atom stereocenters. The summed E-state index contributed by atoms with van der Waals surface area (Å²) in [6, 6.07) is 12.1. The molecule has 0 bridgehead atoms. The van der Waals surface area contributed by atoms with E-state index >= 15 is 0 Å². The molecule has 0 saturated heterocycles. The summed E-state index contributed by atoms with van der Waals surface area (Å²) in [5.41, 5.74) is 0.790. The molecule has 0 aromatic heterocycles. The van der Waals surface area contributed by atoms with E-state index in [0.717, 1.165) is 0 Å². The van der Waals surface area contributed by atoms with Gasteiger partial charge in [-0.05, 0) is 42.5 Å². The van der Waals surface area contributed by atoms with Gasteiger partial charge in [-0.2, -0.15) is 5.26 Å². The lowest BCUT2D eigenvalue weighted by atomic mass is 10.2. The largest absolute Gasteiger partial charge is 0.478 e. The molecule has 2 aromatic carbocycles. The van der Waals surface area contributed by atoms with Gasteiger partial charge < -0.3 is 15.7 Å². The Balaban J connectivity index is 2.09. The number of anilines is 2. The highest BCUT2D eigenvalue weighted by atomic mass is 35.5. The van der Waals surface area contributed by atoms with Crippen LogP contribution in [-0.2, 0) is 4.79 Å². The summed E-state index contributed by atoms with van der Waals surface area (Å²) >= 11 is 11.7. The SMILES string of the molecule is N#C/C(=C/Nc1cc(Cl)cc(Cl)c1)C(=O)Nc1ccc(C(=O)O)cc1. The quantitative estimate of drug-likeness (QED) is 0.538. The Morgan fingerprint density at radius 1 is 1.04 bits per heavy atom. The highest BCUT2D eigenvalue weighted by Gasteiger charge is 2.10. The van der Waals surface area contributed by atoms with Crippen LogP contribution in [0.2, 0.25) is 10.0 Å². The Morgan fingerprint density at radius 3 is 2.16 bits per heavy atom. The van der Waals surface area contributed by atoms with E-state index in [1.54, 1.807) is 24.3 Å². The van der Waals surface area contributed by atoms with Crippen molar-refractivity contribution in [1.82, 2.24) is 0 Å². The zero-order valence-corrected chi connectivity index (χ0v) is 14.1. The van der Waals surface area contributed by atoms with Crippen LogP contribution in [0.15, 0.2) is 54.2 Å². The minimum atomic E-state index is -1.07. The first kappa shape index (κ1) is 18.3. The third-order valence-electron chi connectivity index (χ3n) is 3.00. The Kier molecular flexibility index (Phi) is 6.01. The lowest BCUT2D eigenvalue weighted by Gasteiger charge is -2.06. The smallest absolute Gasteiger partial charge is 0.335 e. The Labute approximate surface area is 153 Å². The van der Waals surface area contributed by atoms with Crippen molar-refractivity contribution in [2.75, 3.05) is 10.6 Å². The van der Waals surface area contributed by atoms with Gasteiger partial charge in [0.25, 0.3) is 5.91 Å². The van der Waals surface area contributed by atoms with Gasteiger partial charge >= 0.3 is 5.97 Å². The first-order valence-corrected chi connectivity index (χ1v) is 7.62. The fourth-order valence-corrected chi connectivity index (χ4v) is 2.36. The van der Waals surface area contributed by atoms with Gasteiger partial charge in [0.15, 0.2) is 0 Å². The molecule has 0 fully saturated rings. The van der Waals surface area contributed by atoms with Gasteiger partial charge in [0, 0.05) is 27.6 Å². The average Bonchev–Trinajstić information content (AvgIpc) is 2.55. The van der Waals surface area contributed by atoms with Gasteiger partial charge in [-0.3, -0.25) is 4.79 Å². The third-order valence-corrected chi connectivity index (χ3v) is 3.44. The molecule has 2 rings (SSSR count). The van der Waals surface area contributed by atoms with Crippen LogP contribution < -0.4 is 10.6 Å². The van der Waals surface area contributed by atoms with Crippen molar-refractivity contribution in [3.63, 3.8) is 0 Å². The number of hydrogen-bond donors (Lipinski definition) is 3. The number of carboxylic acids is 1. The minimum Gasteiger partial charge on any atom is -0.478 e. The van der Waals surface area contributed by atoms with Crippen LogP contribution in [0.3, 0.4) is 0 Å². The Morgan fingerprint density at radius 2 is 1.64 bits per heavy atom. The number of carbonyl (C=O) groups is 2. The molecule has 0 heterocycles. The van der Waals surface area contributed by atoms with Crippen molar-refractivity contribution in [1.29, 1.82) is 5.26 Å². The molecule has 126 valence electrons. The standard InChI is InChI=1S/C17H11Cl2N3O3/c18-12-5-13(19)7-15(6-12)21-9-11(8-20)16(23)22-14-3-1-10(2-4-14)17(24)25/h1-7,9,21H,(H,22,23)(H,24,25)/b11-9-. The van der Waals surface area contributed by atoms with Crippen LogP contribution in [-0.4, -0.2) is 17.0 Å². The molecular formula is C17H11Cl2N3O3. The molecule has 0 radical (unpaired) electrons. The van der Waals surface area contributed by atoms with Crippen molar-refractivity contribution >= 4 is 46.5 Å². The van der Waals surface area contributed by atoms with E-state index in [1.165, 1.54) is 30.5 Å². The molecule has 1 amide bonds. The fraction of sp³-hybridized carbons (Fsp3) is 0. The van der Waals surface area contributed by atoms with Gasteiger partial charge in [0.05, 0.1) is 5.56 Å². The Hall–Kier alpha value is -3.01. The number of nitrogens with one attached hydrogen (secondary N) is 2. The lowest BCUT2D eigenvalue weighted by molar-refractivity contribution is -0.112. The van der Waals surface area contributed by atoms with E-state index in [9.17, 15) is 9.59 Å². The number of carboxylic acid groups (broad SMARTS) is 1. The second kappa shape index (κ2) is 8.20. The number of carbonyl (C=O) groups excluding carboxylic acids is 1. The van der Waals surface area contributed by atoms with Gasteiger partial charge in [0.2, 0.25) is 0 Å². The van der Waals surface area contributed by atoms with E-state index in [2.05, 4.69) is 10.6 Å². The minimum absolute atomic E-state index is 0.0912. The summed E-state index contributed by atoms with van der Waals surface area (Å²) in [7, 11) is 0. The molecule has 0 saturated carbocycles. The van der Waals surface area contributed by atoms with Crippen molar-refractivity contribution in [3.05, 3.63) is 69.8 Å². The lowest BCUT2D eigenvalue weighted by Crippen LogP contribution is -2.14. The van der Waals surface area contributed by atoms with Crippen LogP contribution in [0.25, 0.3) is 0 Å². The molecule has 0 unspecified atom stereocenters. The highest BCUT2D eigenvalue weighted by Crippen LogP contribution is 2.22. The first-order chi connectivity index (χ1) is 11.9. The summed E-state index contributed by atoms with van der Waals surface area (Å²) in [6.45, 7) is 0. The molecule has 8 heteroatoms. The van der Waals surface area contributed by atoms with Crippen LogP contribution in [0.5, 0.6) is 0 Å². The molecule has 2 aromatic rings.